The summed E-state index contributed by atoms with van der Waals surface area (Å²) in [6.45, 7) is 6.98. The second-order valence-corrected chi connectivity index (χ2v) is 7.68. The molecule has 1 spiro atoms. The maximum atomic E-state index is 5.50. The van der Waals surface area contributed by atoms with Crippen LogP contribution in [0.5, 0.6) is 11.5 Å². The molecule has 1 atom stereocenters. The van der Waals surface area contributed by atoms with E-state index in [0.717, 1.165) is 24.7 Å². The first-order valence-electron chi connectivity index (χ1n) is 8.97. The summed E-state index contributed by atoms with van der Waals surface area (Å²) in [5.74, 6) is 2.44. The van der Waals surface area contributed by atoms with Gasteiger partial charge in [0, 0.05) is 32.7 Å². The maximum Gasteiger partial charge on any atom is 0.231 e. The molecule has 0 aliphatic carbocycles. The summed E-state index contributed by atoms with van der Waals surface area (Å²) in [5, 5.41) is 0. The Hall–Kier alpha value is -1.30. The lowest BCUT2D eigenvalue weighted by atomic mass is 9.71. The van der Waals surface area contributed by atoms with Gasteiger partial charge in [-0.3, -0.25) is 4.90 Å². The zero-order valence-electron chi connectivity index (χ0n) is 14.8. The van der Waals surface area contributed by atoms with E-state index < -0.39 is 0 Å². The third-order valence-electron chi connectivity index (χ3n) is 6.05. The highest BCUT2D eigenvalue weighted by Crippen LogP contribution is 2.44. The summed E-state index contributed by atoms with van der Waals surface area (Å²) in [6, 6.07) is 6.32. The van der Waals surface area contributed by atoms with E-state index >= 15 is 0 Å². The van der Waals surface area contributed by atoms with Gasteiger partial charge in [0.1, 0.15) is 0 Å². The molecule has 3 aliphatic heterocycles. The topological polar surface area (TPSA) is 34.2 Å². The Kier molecular flexibility index (Phi) is 4.41. The fourth-order valence-electron chi connectivity index (χ4n) is 4.75. The summed E-state index contributed by atoms with van der Waals surface area (Å²) in [5.41, 5.74) is 1.77. The van der Waals surface area contributed by atoms with Gasteiger partial charge in [0.05, 0.1) is 6.61 Å². The van der Waals surface area contributed by atoms with E-state index in [4.69, 9.17) is 14.2 Å². The molecule has 0 bridgehead atoms. The SMILES string of the molecule is COC[C@H]1CN(C)CC12CCN(Cc1ccc3c(c1)OCO3)CC2. The predicted molar refractivity (Wildman–Crippen MR) is 92.4 cm³/mol. The van der Waals surface area contributed by atoms with E-state index in [0.29, 0.717) is 18.1 Å². The van der Waals surface area contributed by atoms with Crippen molar-refractivity contribution in [3.63, 3.8) is 0 Å². The van der Waals surface area contributed by atoms with Crippen LogP contribution in [0, 0.1) is 11.3 Å². The molecular weight excluding hydrogens is 304 g/mol. The largest absolute Gasteiger partial charge is 0.454 e. The van der Waals surface area contributed by atoms with Gasteiger partial charge in [0.25, 0.3) is 0 Å². The normalized spacial score (nSPS) is 26.3. The van der Waals surface area contributed by atoms with E-state index in [1.807, 2.05) is 13.2 Å². The van der Waals surface area contributed by atoms with E-state index in [2.05, 4.69) is 29.0 Å². The Bertz CT molecular complexity index is 584. The van der Waals surface area contributed by atoms with Gasteiger partial charge in [-0.05, 0) is 56.1 Å². The summed E-state index contributed by atoms with van der Waals surface area (Å²) < 4.78 is 16.4. The number of likely N-dealkylation sites (tertiary alicyclic amines) is 2. The van der Waals surface area contributed by atoms with Gasteiger partial charge in [-0.1, -0.05) is 6.07 Å². The Morgan fingerprint density at radius 2 is 2.00 bits per heavy atom. The molecule has 24 heavy (non-hydrogen) atoms. The van der Waals surface area contributed by atoms with Crippen molar-refractivity contribution < 1.29 is 14.2 Å². The van der Waals surface area contributed by atoms with Crippen molar-refractivity contribution in [2.24, 2.45) is 11.3 Å². The Morgan fingerprint density at radius 3 is 2.79 bits per heavy atom. The Morgan fingerprint density at radius 1 is 1.21 bits per heavy atom. The molecule has 4 rings (SSSR count). The van der Waals surface area contributed by atoms with Crippen LogP contribution in [0.4, 0.5) is 0 Å². The van der Waals surface area contributed by atoms with E-state index in [1.165, 1.54) is 44.6 Å². The van der Waals surface area contributed by atoms with Crippen LogP contribution in [0.15, 0.2) is 18.2 Å². The van der Waals surface area contributed by atoms with Crippen molar-refractivity contribution in [1.82, 2.24) is 9.80 Å². The molecule has 0 aromatic heterocycles. The first-order valence-corrected chi connectivity index (χ1v) is 8.97. The third-order valence-corrected chi connectivity index (χ3v) is 6.05. The van der Waals surface area contributed by atoms with Crippen LogP contribution in [0.2, 0.25) is 0 Å². The smallest absolute Gasteiger partial charge is 0.231 e. The molecule has 5 heteroatoms. The molecular formula is C19H28N2O3. The predicted octanol–water partition coefficient (Wildman–Crippen LogP) is 2.21. The molecule has 1 aromatic carbocycles. The highest BCUT2D eigenvalue weighted by Gasteiger charge is 2.46. The first kappa shape index (κ1) is 16.2. The minimum Gasteiger partial charge on any atom is -0.454 e. The molecule has 2 fully saturated rings. The molecule has 0 radical (unpaired) electrons. The molecule has 0 saturated carbocycles. The Labute approximate surface area is 144 Å². The minimum atomic E-state index is 0.347. The Balaban J connectivity index is 1.37. The first-order chi connectivity index (χ1) is 11.7. The summed E-state index contributed by atoms with van der Waals surface area (Å²) in [6.07, 6.45) is 2.55. The zero-order chi connectivity index (χ0) is 16.6. The summed E-state index contributed by atoms with van der Waals surface area (Å²) in [4.78, 5) is 5.06. The highest BCUT2D eigenvalue weighted by atomic mass is 16.7. The van der Waals surface area contributed by atoms with Crippen LogP contribution in [0.25, 0.3) is 0 Å². The van der Waals surface area contributed by atoms with Crippen LogP contribution in [0.1, 0.15) is 18.4 Å². The third kappa shape index (κ3) is 3.01. The van der Waals surface area contributed by atoms with Gasteiger partial charge in [0.2, 0.25) is 6.79 Å². The van der Waals surface area contributed by atoms with Gasteiger partial charge >= 0.3 is 0 Å². The monoisotopic (exact) mass is 332 g/mol. The van der Waals surface area contributed by atoms with E-state index in [9.17, 15) is 0 Å². The molecule has 0 N–H and O–H groups in total. The molecule has 0 amide bonds. The van der Waals surface area contributed by atoms with Crippen molar-refractivity contribution >= 4 is 0 Å². The molecule has 5 nitrogen and oxygen atoms in total. The van der Waals surface area contributed by atoms with E-state index in [1.54, 1.807) is 0 Å². The minimum absolute atomic E-state index is 0.347. The summed E-state index contributed by atoms with van der Waals surface area (Å²) in [7, 11) is 4.08. The van der Waals surface area contributed by atoms with Gasteiger partial charge in [-0.15, -0.1) is 0 Å². The number of nitrogens with zero attached hydrogens (tertiary/aromatic N) is 2. The van der Waals surface area contributed by atoms with Gasteiger partial charge in [-0.25, -0.2) is 0 Å². The number of hydrogen-bond acceptors (Lipinski definition) is 5. The number of methoxy groups -OCH3 is 1. The lowest BCUT2D eigenvalue weighted by molar-refractivity contribution is 0.0353. The fraction of sp³-hybridized carbons (Fsp3) is 0.684. The van der Waals surface area contributed by atoms with Crippen LogP contribution < -0.4 is 9.47 Å². The van der Waals surface area contributed by atoms with Crippen LogP contribution >= 0.6 is 0 Å². The van der Waals surface area contributed by atoms with Crippen molar-refractivity contribution in [3.05, 3.63) is 23.8 Å². The average Bonchev–Trinajstić information content (AvgIpc) is 3.15. The fourth-order valence-corrected chi connectivity index (χ4v) is 4.75. The van der Waals surface area contributed by atoms with E-state index in [-0.39, 0.29) is 0 Å². The molecule has 1 aromatic rings. The zero-order valence-corrected chi connectivity index (χ0v) is 14.8. The van der Waals surface area contributed by atoms with Crippen molar-refractivity contribution in [2.75, 3.05) is 53.7 Å². The van der Waals surface area contributed by atoms with Crippen molar-refractivity contribution in [1.29, 1.82) is 0 Å². The lowest BCUT2D eigenvalue weighted by Gasteiger charge is -2.42. The average molecular weight is 332 g/mol. The van der Waals surface area contributed by atoms with Crippen molar-refractivity contribution in [2.45, 2.75) is 19.4 Å². The molecule has 132 valence electrons. The number of piperidine rings is 1. The van der Waals surface area contributed by atoms with Gasteiger partial charge < -0.3 is 19.1 Å². The number of benzene rings is 1. The maximum absolute atomic E-state index is 5.50. The molecule has 3 aliphatic rings. The molecule has 0 unspecified atom stereocenters. The second kappa shape index (κ2) is 6.54. The lowest BCUT2D eigenvalue weighted by Crippen LogP contribution is -2.44. The van der Waals surface area contributed by atoms with Crippen LogP contribution in [0.3, 0.4) is 0 Å². The number of rotatable bonds is 4. The van der Waals surface area contributed by atoms with Crippen LogP contribution in [-0.4, -0.2) is 63.5 Å². The molecule has 3 heterocycles. The number of hydrogen-bond donors (Lipinski definition) is 0. The second-order valence-electron chi connectivity index (χ2n) is 7.68. The number of ether oxygens (including phenoxy) is 3. The quantitative estimate of drug-likeness (QED) is 0.844. The number of fused-ring (bicyclic) bond motifs is 1. The van der Waals surface area contributed by atoms with Gasteiger partial charge in [-0.2, -0.15) is 0 Å². The standard InChI is InChI=1S/C19H28N2O3/c1-20-11-16(12-22-2)19(13-20)5-7-21(8-6-19)10-15-3-4-17-18(9-15)24-14-23-17/h3-4,9,16H,5-8,10-14H2,1-2H3/t16-/m1/s1. The summed E-state index contributed by atoms with van der Waals surface area (Å²) >= 11 is 0. The highest BCUT2D eigenvalue weighted by molar-refractivity contribution is 5.44. The molecule has 2 saturated heterocycles. The van der Waals surface area contributed by atoms with Crippen molar-refractivity contribution in [3.8, 4) is 11.5 Å². The van der Waals surface area contributed by atoms with Gasteiger partial charge in [0.15, 0.2) is 11.5 Å². The van der Waals surface area contributed by atoms with Crippen LogP contribution in [-0.2, 0) is 11.3 Å².